The summed E-state index contributed by atoms with van der Waals surface area (Å²) in [7, 11) is -4.28. The number of sulfonamides is 1. The van der Waals surface area contributed by atoms with Crippen molar-refractivity contribution in [3.8, 4) is 11.5 Å². The largest absolute Gasteiger partial charge is 0.486 e. The highest BCUT2D eigenvalue weighted by molar-refractivity contribution is 7.92. The summed E-state index contributed by atoms with van der Waals surface area (Å²) in [4.78, 5) is 18.9. The molecule has 194 valence electrons. The average Bonchev–Trinajstić information content (AvgIpc) is 2.86. The number of carboxylic acids is 1. The van der Waals surface area contributed by atoms with E-state index >= 15 is 0 Å². The zero-order valence-electron chi connectivity index (χ0n) is 19.0. The number of hydrogen-bond acceptors (Lipinski definition) is 7. The third-order valence-corrected chi connectivity index (χ3v) is 7.39. The molecule has 1 N–H and O–H groups in total. The van der Waals surface area contributed by atoms with Crippen LogP contribution in [0.2, 0.25) is 5.15 Å². The van der Waals surface area contributed by atoms with Gasteiger partial charge in [-0.25, -0.2) is 13.4 Å². The van der Waals surface area contributed by atoms with Crippen LogP contribution in [0.5, 0.6) is 11.5 Å². The number of nitrogens with zero attached hydrogens (tertiary/aromatic N) is 3. The van der Waals surface area contributed by atoms with Gasteiger partial charge >= 0.3 is 12.6 Å². The lowest BCUT2D eigenvalue weighted by atomic mass is 10.1. The van der Waals surface area contributed by atoms with Crippen molar-refractivity contribution in [2.24, 2.45) is 0 Å². The summed E-state index contributed by atoms with van der Waals surface area (Å²) in [6, 6.07) is 9.59. The maximum atomic E-state index is 13.7. The van der Waals surface area contributed by atoms with Crippen molar-refractivity contribution >= 4 is 45.4 Å². The van der Waals surface area contributed by atoms with Gasteiger partial charge in [0, 0.05) is 24.9 Å². The Morgan fingerprint density at radius 3 is 2.73 bits per heavy atom. The van der Waals surface area contributed by atoms with Crippen LogP contribution >= 0.6 is 11.6 Å². The van der Waals surface area contributed by atoms with E-state index in [-0.39, 0.29) is 46.6 Å². The van der Waals surface area contributed by atoms with E-state index in [9.17, 15) is 22.0 Å². The van der Waals surface area contributed by atoms with E-state index in [0.717, 1.165) is 10.4 Å². The third-order valence-electron chi connectivity index (χ3n) is 5.33. The second-order valence-electron chi connectivity index (χ2n) is 7.85. The average molecular weight is 552 g/mol. The molecule has 0 aliphatic carbocycles. The van der Waals surface area contributed by atoms with E-state index < -0.39 is 28.7 Å². The number of carboxylic acid groups (broad SMARTS) is 1. The van der Waals surface area contributed by atoms with Gasteiger partial charge in [0.05, 0.1) is 17.1 Å². The maximum Gasteiger partial charge on any atom is 0.387 e. The van der Waals surface area contributed by atoms with Crippen molar-refractivity contribution in [2.45, 2.75) is 30.5 Å². The van der Waals surface area contributed by atoms with Crippen LogP contribution in [-0.4, -0.2) is 48.7 Å². The van der Waals surface area contributed by atoms with Gasteiger partial charge in [0.2, 0.25) is 0 Å². The molecule has 0 spiro atoms. The molecule has 0 saturated carbocycles. The number of alkyl halides is 2. The summed E-state index contributed by atoms with van der Waals surface area (Å²) in [5.74, 6) is -1.15. The van der Waals surface area contributed by atoms with E-state index in [4.69, 9.17) is 21.4 Å². The zero-order valence-corrected chi connectivity index (χ0v) is 20.6. The van der Waals surface area contributed by atoms with Crippen molar-refractivity contribution < 1.29 is 36.6 Å². The SMILES string of the molecule is O=C(O)CC[C@H]1CN(S(=O)(=O)c2cccc(OC(F)F)c2)c2cc(/C=C/c3nccnc3Cl)ccc2O1. The first kappa shape index (κ1) is 26.3. The molecular weight excluding hydrogens is 532 g/mol. The minimum atomic E-state index is -4.28. The predicted molar refractivity (Wildman–Crippen MR) is 131 cm³/mol. The number of ether oxygens (including phenoxy) is 2. The molecule has 3 aromatic rings. The first-order chi connectivity index (χ1) is 17.6. The number of fused-ring (bicyclic) bond motifs is 1. The fourth-order valence-corrected chi connectivity index (χ4v) is 5.35. The van der Waals surface area contributed by atoms with Gasteiger partial charge in [-0.15, -0.1) is 0 Å². The summed E-state index contributed by atoms with van der Waals surface area (Å²) in [6.45, 7) is -3.31. The Hall–Kier alpha value is -3.77. The first-order valence-corrected chi connectivity index (χ1v) is 12.7. The highest BCUT2D eigenvalue weighted by Gasteiger charge is 2.35. The van der Waals surface area contributed by atoms with Crippen LogP contribution in [-0.2, 0) is 14.8 Å². The number of anilines is 1. The third kappa shape index (κ3) is 6.33. The number of aliphatic carboxylic acids is 1. The van der Waals surface area contributed by atoms with Gasteiger partial charge in [0.25, 0.3) is 10.0 Å². The Balaban J connectivity index is 1.73. The van der Waals surface area contributed by atoms with Crippen LogP contribution in [0, 0.1) is 0 Å². The zero-order chi connectivity index (χ0) is 26.6. The Morgan fingerprint density at radius 2 is 2.00 bits per heavy atom. The molecule has 0 unspecified atom stereocenters. The lowest BCUT2D eigenvalue weighted by Gasteiger charge is -2.35. The predicted octanol–water partition coefficient (Wildman–Crippen LogP) is 4.72. The van der Waals surface area contributed by atoms with Crippen LogP contribution in [0.25, 0.3) is 12.2 Å². The molecule has 0 radical (unpaired) electrons. The number of hydrogen-bond donors (Lipinski definition) is 1. The highest BCUT2D eigenvalue weighted by Crippen LogP contribution is 2.39. The molecule has 1 aliphatic heterocycles. The van der Waals surface area contributed by atoms with E-state index in [1.54, 1.807) is 30.4 Å². The Kier molecular flexibility index (Phi) is 7.89. The maximum absolute atomic E-state index is 13.7. The highest BCUT2D eigenvalue weighted by atomic mass is 35.5. The minimum absolute atomic E-state index is 0.0577. The van der Waals surface area contributed by atoms with Crippen LogP contribution in [0.1, 0.15) is 24.1 Å². The van der Waals surface area contributed by atoms with Gasteiger partial charge < -0.3 is 14.6 Å². The van der Waals surface area contributed by atoms with Crippen molar-refractivity contribution in [2.75, 3.05) is 10.8 Å². The second-order valence-corrected chi connectivity index (χ2v) is 10.1. The standard InChI is InChI=1S/C24H20ClF2N3O6S/c25-23-19(28-10-11-29-23)7-4-15-5-8-21-20(12-15)30(14-17(35-21)6-9-22(31)32)37(33,34)18-3-1-2-16(13-18)36-24(26)27/h1-5,7-8,10-13,17,24H,6,9,14H2,(H,31,32)/b7-4+/t17-/m0/s1. The summed E-state index contributed by atoms with van der Waals surface area (Å²) in [6.07, 6.45) is 5.27. The number of halogens is 3. The van der Waals surface area contributed by atoms with E-state index in [0.29, 0.717) is 11.3 Å². The van der Waals surface area contributed by atoms with E-state index in [2.05, 4.69) is 14.7 Å². The first-order valence-electron chi connectivity index (χ1n) is 10.9. The monoisotopic (exact) mass is 551 g/mol. The topological polar surface area (TPSA) is 119 Å². The number of benzene rings is 2. The van der Waals surface area contributed by atoms with Gasteiger partial charge in [-0.2, -0.15) is 8.78 Å². The van der Waals surface area contributed by atoms with Crippen molar-refractivity contribution in [3.63, 3.8) is 0 Å². The molecule has 2 aromatic carbocycles. The summed E-state index contributed by atoms with van der Waals surface area (Å²) in [5, 5.41) is 9.26. The normalized spacial score (nSPS) is 15.5. The summed E-state index contributed by atoms with van der Waals surface area (Å²) < 4.78 is 64.1. The molecule has 9 nitrogen and oxygen atoms in total. The molecule has 1 aliphatic rings. The molecule has 0 amide bonds. The molecule has 0 fully saturated rings. The Labute approximate surface area is 216 Å². The van der Waals surface area contributed by atoms with Crippen LogP contribution in [0.15, 0.2) is 59.8 Å². The molecular formula is C24H20ClF2N3O6S. The lowest BCUT2D eigenvalue weighted by Crippen LogP contribution is -2.43. The van der Waals surface area contributed by atoms with Crippen molar-refractivity contribution in [1.29, 1.82) is 0 Å². The molecule has 37 heavy (non-hydrogen) atoms. The fourth-order valence-electron chi connectivity index (χ4n) is 3.65. The molecule has 13 heteroatoms. The summed E-state index contributed by atoms with van der Waals surface area (Å²) >= 11 is 6.04. The smallest absolute Gasteiger partial charge is 0.387 e. The van der Waals surface area contributed by atoms with Crippen LogP contribution < -0.4 is 13.8 Å². The molecule has 0 bridgehead atoms. The van der Waals surface area contributed by atoms with Gasteiger partial charge in [-0.05, 0) is 42.3 Å². The van der Waals surface area contributed by atoms with E-state index in [1.165, 1.54) is 30.6 Å². The fraction of sp³-hybridized carbons (Fsp3) is 0.208. The van der Waals surface area contributed by atoms with Gasteiger partial charge in [-0.1, -0.05) is 29.8 Å². The minimum Gasteiger partial charge on any atom is -0.486 e. The second kappa shape index (κ2) is 11.1. The lowest BCUT2D eigenvalue weighted by molar-refractivity contribution is -0.137. The molecule has 1 atom stereocenters. The summed E-state index contributed by atoms with van der Waals surface area (Å²) in [5.41, 5.74) is 1.19. The van der Waals surface area contributed by atoms with Gasteiger partial charge in [0.15, 0.2) is 5.15 Å². The van der Waals surface area contributed by atoms with Crippen molar-refractivity contribution in [1.82, 2.24) is 9.97 Å². The van der Waals surface area contributed by atoms with Crippen molar-refractivity contribution in [3.05, 3.63) is 71.3 Å². The number of aromatic nitrogens is 2. The molecule has 1 aromatic heterocycles. The van der Waals surface area contributed by atoms with Crippen LogP contribution in [0.3, 0.4) is 0 Å². The molecule has 0 saturated heterocycles. The number of rotatable bonds is 9. The Morgan fingerprint density at radius 1 is 1.22 bits per heavy atom. The number of carbonyl (C=O) groups is 1. The van der Waals surface area contributed by atoms with Gasteiger partial charge in [-0.3, -0.25) is 14.1 Å². The quantitative estimate of drug-likeness (QED) is 0.406. The molecule has 4 rings (SSSR count). The van der Waals surface area contributed by atoms with E-state index in [1.807, 2.05) is 0 Å². The molecule has 2 heterocycles. The van der Waals surface area contributed by atoms with Crippen LogP contribution in [0.4, 0.5) is 14.5 Å². The van der Waals surface area contributed by atoms with Gasteiger partial charge in [0.1, 0.15) is 23.3 Å². The Bertz CT molecular complexity index is 1440.